The molecule has 19 heavy (non-hydrogen) atoms. The van der Waals surface area contributed by atoms with Crippen molar-refractivity contribution in [3.63, 3.8) is 0 Å². The summed E-state index contributed by atoms with van der Waals surface area (Å²) < 4.78 is 0. The van der Waals surface area contributed by atoms with Crippen LogP contribution in [0.25, 0.3) is 0 Å². The van der Waals surface area contributed by atoms with Crippen molar-refractivity contribution in [2.45, 2.75) is 52.0 Å². The molecule has 104 valence electrons. The van der Waals surface area contributed by atoms with Crippen LogP contribution in [-0.4, -0.2) is 29.8 Å². The molecule has 1 saturated heterocycles. The van der Waals surface area contributed by atoms with E-state index in [1.54, 1.807) is 0 Å². The fourth-order valence-electron chi connectivity index (χ4n) is 2.72. The zero-order valence-electron chi connectivity index (χ0n) is 12.4. The Morgan fingerprint density at radius 2 is 1.95 bits per heavy atom. The van der Waals surface area contributed by atoms with Crippen LogP contribution >= 0.6 is 0 Å². The standard InChI is InChI=1S/C17H25NO/c1-13(2)15-7-9-16(10-8-15)17(19)12-18-11-5-4-6-14(18)3/h7-10,13-14H,4-6,11-12H2,1-3H3. The van der Waals surface area contributed by atoms with Crippen LogP contribution in [0.4, 0.5) is 0 Å². The summed E-state index contributed by atoms with van der Waals surface area (Å²) in [4.78, 5) is 14.6. The van der Waals surface area contributed by atoms with Gasteiger partial charge in [0.05, 0.1) is 6.54 Å². The van der Waals surface area contributed by atoms with Gasteiger partial charge in [-0.3, -0.25) is 9.69 Å². The zero-order chi connectivity index (χ0) is 13.8. The van der Waals surface area contributed by atoms with Crippen LogP contribution in [0.5, 0.6) is 0 Å². The van der Waals surface area contributed by atoms with E-state index in [-0.39, 0.29) is 5.78 Å². The van der Waals surface area contributed by atoms with Gasteiger partial charge in [-0.2, -0.15) is 0 Å². The molecule has 0 N–H and O–H groups in total. The molecular weight excluding hydrogens is 234 g/mol. The second kappa shape index (κ2) is 6.33. The predicted octanol–water partition coefficient (Wildman–Crippen LogP) is 3.87. The van der Waals surface area contributed by atoms with Gasteiger partial charge >= 0.3 is 0 Å². The fraction of sp³-hybridized carbons (Fsp3) is 0.588. The first-order valence-corrected chi connectivity index (χ1v) is 7.45. The Kier molecular flexibility index (Phi) is 4.76. The number of nitrogens with zero attached hydrogens (tertiary/aromatic N) is 1. The molecule has 0 bridgehead atoms. The van der Waals surface area contributed by atoms with Crippen LogP contribution in [0, 0.1) is 0 Å². The molecule has 2 heteroatoms. The maximum atomic E-state index is 12.3. The van der Waals surface area contributed by atoms with Gasteiger partial charge in [-0.25, -0.2) is 0 Å². The van der Waals surface area contributed by atoms with E-state index in [0.29, 0.717) is 18.5 Å². The van der Waals surface area contributed by atoms with Gasteiger partial charge in [-0.05, 0) is 37.8 Å². The number of carbonyl (C=O) groups excluding carboxylic acids is 1. The molecule has 1 heterocycles. The Hall–Kier alpha value is -1.15. The third-order valence-corrected chi connectivity index (χ3v) is 4.19. The summed E-state index contributed by atoms with van der Waals surface area (Å²) in [5.74, 6) is 0.773. The number of piperidine rings is 1. The number of hydrogen-bond donors (Lipinski definition) is 0. The molecule has 0 spiro atoms. The number of rotatable bonds is 4. The van der Waals surface area contributed by atoms with E-state index in [1.165, 1.54) is 24.8 Å². The van der Waals surface area contributed by atoms with Gasteiger partial charge in [0.2, 0.25) is 0 Å². The number of ketones is 1. The second-order valence-electron chi connectivity index (χ2n) is 6.02. The monoisotopic (exact) mass is 259 g/mol. The highest BCUT2D eigenvalue weighted by atomic mass is 16.1. The first kappa shape index (κ1) is 14.3. The van der Waals surface area contributed by atoms with Crippen LogP contribution in [-0.2, 0) is 0 Å². The van der Waals surface area contributed by atoms with Crippen molar-refractivity contribution >= 4 is 5.78 Å². The lowest BCUT2D eigenvalue weighted by Crippen LogP contribution is -2.40. The first-order valence-electron chi connectivity index (χ1n) is 7.45. The molecule has 1 atom stereocenters. The van der Waals surface area contributed by atoms with E-state index in [1.807, 2.05) is 12.1 Å². The van der Waals surface area contributed by atoms with Gasteiger partial charge in [-0.15, -0.1) is 0 Å². The minimum absolute atomic E-state index is 0.254. The number of benzene rings is 1. The Morgan fingerprint density at radius 3 is 2.53 bits per heavy atom. The molecule has 0 aromatic heterocycles. The van der Waals surface area contributed by atoms with Crippen molar-refractivity contribution in [1.29, 1.82) is 0 Å². The van der Waals surface area contributed by atoms with Crippen molar-refractivity contribution in [3.8, 4) is 0 Å². The smallest absolute Gasteiger partial charge is 0.176 e. The maximum Gasteiger partial charge on any atom is 0.176 e. The highest BCUT2D eigenvalue weighted by molar-refractivity contribution is 5.97. The second-order valence-corrected chi connectivity index (χ2v) is 6.02. The van der Waals surface area contributed by atoms with Gasteiger partial charge in [0.15, 0.2) is 5.78 Å². The third-order valence-electron chi connectivity index (χ3n) is 4.19. The van der Waals surface area contributed by atoms with Crippen LogP contribution in [0.15, 0.2) is 24.3 Å². The summed E-state index contributed by atoms with van der Waals surface area (Å²) in [7, 11) is 0. The van der Waals surface area contributed by atoms with Crippen molar-refractivity contribution in [3.05, 3.63) is 35.4 Å². The molecule has 2 nitrogen and oxygen atoms in total. The van der Waals surface area contributed by atoms with Crippen LogP contribution in [0.2, 0.25) is 0 Å². The summed E-state index contributed by atoms with van der Waals surface area (Å²) in [6.45, 7) is 8.21. The lowest BCUT2D eigenvalue weighted by Gasteiger charge is -2.32. The number of likely N-dealkylation sites (tertiary alicyclic amines) is 1. The summed E-state index contributed by atoms with van der Waals surface area (Å²) in [5, 5.41) is 0. The number of carbonyl (C=O) groups is 1. The Morgan fingerprint density at radius 1 is 1.26 bits per heavy atom. The molecule has 1 aliphatic rings. The van der Waals surface area contributed by atoms with Gasteiger partial charge in [-0.1, -0.05) is 44.5 Å². The summed E-state index contributed by atoms with van der Waals surface area (Å²) >= 11 is 0. The van der Waals surface area contributed by atoms with Crippen molar-refractivity contribution in [1.82, 2.24) is 4.90 Å². The number of hydrogen-bond acceptors (Lipinski definition) is 2. The number of Topliss-reactive ketones (excluding diaryl/α,β-unsaturated/α-hetero) is 1. The molecule has 2 rings (SSSR count). The largest absolute Gasteiger partial charge is 0.293 e. The lowest BCUT2D eigenvalue weighted by molar-refractivity contribution is 0.0860. The summed E-state index contributed by atoms with van der Waals surface area (Å²) in [6.07, 6.45) is 3.75. The molecule has 1 fully saturated rings. The van der Waals surface area contributed by atoms with E-state index in [9.17, 15) is 4.79 Å². The van der Waals surface area contributed by atoms with Crippen molar-refractivity contribution in [2.24, 2.45) is 0 Å². The van der Waals surface area contributed by atoms with E-state index in [2.05, 4.69) is 37.8 Å². The van der Waals surface area contributed by atoms with Crippen LogP contribution in [0.1, 0.15) is 61.9 Å². The van der Waals surface area contributed by atoms with E-state index in [0.717, 1.165) is 12.1 Å². The van der Waals surface area contributed by atoms with Crippen molar-refractivity contribution in [2.75, 3.05) is 13.1 Å². The Labute approximate surface area is 116 Å². The molecule has 1 aromatic carbocycles. The van der Waals surface area contributed by atoms with Crippen molar-refractivity contribution < 1.29 is 4.79 Å². The molecule has 1 unspecified atom stereocenters. The van der Waals surface area contributed by atoms with Gasteiger partial charge in [0, 0.05) is 11.6 Å². The molecule has 1 aliphatic heterocycles. The highest BCUT2D eigenvalue weighted by Crippen LogP contribution is 2.18. The molecule has 0 saturated carbocycles. The molecule has 0 radical (unpaired) electrons. The highest BCUT2D eigenvalue weighted by Gasteiger charge is 2.21. The SMILES string of the molecule is CC(C)c1ccc(C(=O)CN2CCCCC2C)cc1. The average molecular weight is 259 g/mol. The van der Waals surface area contributed by atoms with E-state index >= 15 is 0 Å². The normalized spacial score (nSPS) is 20.7. The minimum Gasteiger partial charge on any atom is -0.293 e. The maximum absolute atomic E-state index is 12.3. The Balaban J connectivity index is 1.99. The quantitative estimate of drug-likeness (QED) is 0.765. The molecule has 0 amide bonds. The van der Waals surface area contributed by atoms with Gasteiger partial charge < -0.3 is 0 Å². The van der Waals surface area contributed by atoms with E-state index < -0.39 is 0 Å². The van der Waals surface area contributed by atoms with Gasteiger partial charge in [0.1, 0.15) is 0 Å². The molecular formula is C17H25NO. The zero-order valence-corrected chi connectivity index (χ0v) is 12.4. The van der Waals surface area contributed by atoms with E-state index in [4.69, 9.17) is 0 Å². The predicted molar refractivity (Wildman–Crippen MR) is 79.7 cm³/mol. The third kappa shape index (κ3) is 3.66. The fourth-order valence-corrected chi connectivity index (χ4v) is 2.72. The molecule has 1 aromatic rings. The van der Waals surface area contributed by atoms with Crippen LogP contribution < -0.4 is 0 Å². The lowest BCUT2D eigenvalue weighted by atomic mass is 9.99. The average Bonchev–Trinajstić information content (AvgIpc) is 2.41. The first-order chi connectivity index (χ1) is 9.08. The minimum atomic E-state index is 0.254. The van der Waals surface area contributed by atoms with Crippen LogP contribution in [0.3, 0.4) is 0 Å². The topological polar surface area (TPSA) is 20.3 Å². The summed E-state index contributed by atoms with van der Waals surface area (Å²) in [6, 6.07) is 8.67. The molecule has 0 aliphatic carbocycles. The summed E-state index contributed by atoms with van der Waals surface area (Å²) in [5.41, 5.74) is 2.14. The Bertz CT molecular complexity index is 421. The van der Waals surface area contributed by atoms with Gasteiger partial charge in [0.25, 0.3) is 0 Å².